The Labute approximate surface area is 46.8 Å². The Morgan fingerprint density at radius 1 is 1.62 bits per heavy atom. The predicted octanol–water partition coefficient (Wildman–Crippen LogP) is 1.59. The molecular weight excluding hydrogens is 115 g/mol. The first-order valence-corrected chi connectivity index (χ1v) is 2.13. The van der Waals surface area contributed by atoms with E-state index in [1.807, 2.05) is 0 Å². The smallest absolute Gasteiger partial charge is 0.450 e. The van der Waals surface area contributed by atoms with E-state index in [1.54, 1.807) is 6.92 Å². The average Bonchev–Trinajstić information content (AvgIpc) is 1.65. The van der Waals surface area contributed by atoms with Gasteiger partial charge in [0.2, 0.25) is 0 Å². The second-order valence-electron chi connectivity index (χ2n) is 0.972. The van der Waals surface area contributed by atoms with Crippen LogP contribution in [0, 0.1) is 0 Å². The van der Waals surface area contributed by atoms with E-state index in [4.69, 9.17) is 15.0 Å². The van der Waals surface area contributed by atoms with Gasteiger partial charge >= 0.3 is 6.16 Å². The molecular formula is C4H9FO3. The van der Waals surface area contributed by atoms with Crippen LogP contribution in [0.15, 0.2) is 0 Å². The molecule has 0 aromatic rings. The second-order valence-corrected chi connectivity index (χ2v) is 0.972. The van der Waals surface area contributed by atoms with Gasteiger partial charge in [-0.2, -0.15) is 0 Å². The van der Waals surface area contributed by atoms with Crippen molar-refractivity contribution < 1.29 is 19.4 Å². The molecule has 0 saturated carbocycles. The van der Waals surface area contributed by atoms with E-state index in [1.165, 1.54) is 0 Å². The highest BCUT2D eigenvalue weighted by molar-refractivity contribution is 5.53. The van der Waals surface area contributed by atoms with Gasteiger partial charge in [0.05, 0.1) is 6.67 Å². The lowest BCUT2D eigenvalue weighted by atomic mass is 10.6. The number of hydrogen-bond acceptors (Lipinski definition) is 1. The first kappa shape index (κ1) is 10.2. The van der Waals surface area contributed by atoms with E-state index in [2.05, 4.69) is 0 Å². The zero-order valence-electron chi connectivity index (χ0n) is 4.59. The van der Waals surface area contributed by atoms with Gasteiger partial charge in [0, 0.05) is 0 Å². The molecule has 0 fully saturated rings. The Morgan fingerprint density at radius 3 is 1.75 bits per heavy atom. The van der Waals surface area contributed by atoms with Crippen molar-refractivity contribution in [3.8, 4) is 0 Å². The van der Waals surface area contributed by atoms with Crippen LogP contribution in [0.2, 0.25) is 0 Å². The monoisotopic (exact) mass is 124 g/mol. The normalized spacial score (nSPS) is 6.75. The zero-order chi connectivity index (χ0) is 6.99. The maximum absolute atomic E-state index is 10.7. The van der Waals surface area contributed by atoms with Gasteiger partial charge < -0.3 is 10.2 Å². The summed E-state index contributed by atoms with van der Waals surface area (Å²) in [7, 11) is 0. The number of hydrogen-bond donors (Lipinski definition) is 2. The van der Waals surface area contributed by atoms with Crippen molar-refractivity contribution in [2.24, 2.45) is 0 Å². The van der Waals surface area contributed by atoms with Crippen LogP contribution in [0.4, 0.5) is 9.18 Å². The SMILES string of the molecule is CCCF.O=C(O)O. The molecule has 2 N–H and O–H groups in total. The summed E-state index contributed by atoms with van der Waals surface area (Å²) in [5.41, 5.74) is 0. The minimum Gasteiger partial charge on any atom is -0.450 e. The standard InChI is InChI=1S/C3H7F.CH2O3/c1-2-3-4;2-1(3)4/h2-3H2,1H3;(H2,2,3,4). The minimum atomic E-state index is -1.83. The molecule has 0 aliphatic carbocycles. The van der Waals surface area contributed by atoms with Crippen molar-refractivity contribution in [3.63, 3.8) is 0 Å². The van der Waals surface area contributed by atoms with Crippen LogP contribution in [-0.4, -0.2) is 23.0 Å². The Morgan fingerprint density at radius 2 is 1.75 bits per heavy atom. The van der Waals surface area contributed by atoms with Crippen molar-refractivity contribution >= 4 is 6.16 Å². The van der Waals surface area contributed by atoms with Crippen LogP contribution < -0.4 is 0 Å². The summed E-state index contributed by atoms with van der Waals surface area (Å²) in [6.07, 6.45) is -1.18. The number of carbonyl (C=O) groups is 1. The third-order valence-corrected chi connectivity index (χ3v) is 0.189. The molecule has 0 unspecified atom stereocenters. The van der Waals surface area contributed by atoms with Gasteiger partial charge in [0.1, 0.15) is 0 Å². The highest BCUT2D eigenvalue weighted by Crippen LogP contribution is 1.69. The quantitative estimate of drug-likeness (QED) is 0.558. The van der Waals surface area contributed by atoms with Gasteiger partial charge in [0.25, 0.3) is 0 Å². The lowest BCUT2D eigenvalue weighted by Gasteiger charge is -1.64. The largest absolute Gasteiger partial charge is 0.503 e. The van der Waals surface area contributed by atoms with Crippen molar-refractivity contribution in [2.75, 3.05) is 6.67 Å². The first-order chi connectivity index (χ1) is 3.65. The number of halogens is 1. The van der Waals surface area contributed by atoms with Crippen LogP contribution in [0.1, 0.15) is 13.3 Å². The fourth-order valence-electron chi connectivity index (χ4n) is 0. The minimum absolute atomic E-state index is 0.181. The molecule has 0 amide bonds. The van der Waals surface area contributed by atoms with Crippen molar-refractivity contribution in [3.05, 3.63) is 0 Å². The predicted molar refractivity (Wildman–Crippen MR) is 26.9 cm³/mol. The molecule has 0 saturated heterocycles. The Kier molecular flexibility index (Phi) is 12.2. The maximum atomic E-state index is 10.7. The van der Waals surface area contributed by atoms with Gasteiger partial charge in [0.15, 0.2) is 0 Å². The summed E-state index contributed by atoms with van der Waals surface area (Å²) in [6.45, 7) is 1.62. The van der Waals surface area contributed by atoms with E-state index in [9.17, 15) is 4.39 Å². The van der Waals surface area contributed by atoms with E-state index < -0.39 is 6.16 Å². The van der Waals surface area contributed by atoms with Gasteiger partial charge in [-0.3, -0.25) is 4.39 Å². The van der Waals surface area contributed by atoms with Crippen molar-refractivity contribution in [2.45, 2.75) is 13.3 Å². The summed E-state index contributed by atoms with van der Waals surface area (Å²) in [6, 6.07) is 0. The van der Waals surface area contributed by atoms with Crippen LogP contribution >= 0.6 is 0 Å². The molecule has 0 atom stereocenters. The molecule has 50 valence electrons. The fraction of sp³-hybridized carbons (Fsp3) is 0.750. The highest BCUT2D eigenvalue weighted by Gasteiger charge is 1.70. The Bertz CT molecular complexity index is 49.2. The summed E-state index contributed by atoms with van der Waals surface area (Å²) in [5.74, 6) is 0. The summed E-state index contributed by atoms with van der Waals surface area (Å²) >= 11 is 0. The van der Waals surface area contributed by atoms with Crippen LogP contribution in [0.25, 0.3) is 0 Å². The molecule has 0 aromatic heterocycles. The molecule has 0 aliphatic rings. The van der Waals surface area contributed by atoms with Crippen molar-refractivity contribution in [1.29, 1.82) is 0 Å². The lowest BCUT2D eigenvalue weighted by Crippen LogP contribution is -1.81. The molecule has 0 heterocycles. The van der Waals surface area contributed by atoms with Gasteiger partial charge in [-0.25, -0.2) is 4.79 Å². The first-order valence-electron chi connectivity index (χ1n) is 2.13. The summed E-state index contributed by atoms with van der Waals surface area (Å²) in [4.78, 5) is 8.56. The number of alkyl halides is 1. The summed E-state index contributed by atoms with van der Waals surface area (Å²) in [5, 5.41) is 13.9. The molecule has 4 heteroatoms. The van der Waals surface area contributed by atoms with Gasteiger partial charge in [-0.1, -0.05) is 6.92 Å². The van der Waals surface area contributed by atoms with Crippen molar-refractivity contribution in [1.82, 2.24) is 0 Å². The van der Waals surface area contributed by atoms with E-state index in [-0.39, 0.29) is 6.67 Å². The number of rotatable bonds is 1. The third-order valence-electron chi connectivity index (χ3n) is 0.189. The van der Waals surface area contributed by atoms with E-state index in [0.717, 1.165) is 0 Å². The van der Waals surface area contributed by atoms with E-state index in [0.29, 0.717) is 6.42 Å². The van der Waals surface area contributed by atoms with Crippen LogP contribution in [0.3, 0.4) is 0 Å². The van der Waals surface area contributed by atoms with Crippen LogP contribution in [0.5, 0.6) is 0 Å². The lowest BCUT2D eigenvalue weighted by molar-refractivity contribution is 0.137. The molecule has 3 nitrogen and oxygen atoms in total. The highest BCUT2D eigenvalue weighted by atomic mass is 19.1. The molecule has 0 aromatic carbocycles. The van der Waals surface area contributed by atoms with E-state index >= 15 is 0 Å². The Balaban J connectivity index is 0. The zero-order valence-corrected chi connectivity index (χ0v) is 4.59. The molecule has 0 radical (unpaired) electrons. The molecule has 0 rings (SSSR count). The van der Waals surface area contributed by atoms with Gasteiger partial charge in [-0.05, 0) is 6.42 Å². The molecule has 8 heavy (non-hydrogen) atoms. The third kappa shape index (κ3) is 2290. The fourth-order valence-corrected chi connectivity index (χ4v) is 0. The second kappa shape index (κ2) is 9.50. The Hall–Kier alpha value is -0.800. The number of carboxylic acid groups (broad SMARTS) is 2. The topological polar surface area (TPSA) is 57.5 Å². The summed E-state index contributed by atoms with van der Waals surface area (Å²) < 4.78 is 10.7. The molecule has 0 spiro atoms. The average molecular weight is 124 g/mol. The molecule has 0 aliphatic heterocycles. The maximum Gasteiger partial charge on any atom is 0.503 e. The van der Waals surface area contributed by atoms with Gasteiger partial charge in [-0.15, -0.1) is 0 Å². The molecule has 0 bridgehead atoms. The van der Waals surface area contributed by atoms with Crippen LogP contribution in [-0.2, 0) is 0 Å².